The molecule has 0 aromatic rings. The molecule has 13 heavy (non-hydrogen) atoms. The van der Waals surface area contributed by atoms with Gasteiger partial charge in [-0.25, -0.2) is 8.78 Å². The standard InChI is InChI=1S/C8H13F2NO2/c1-11-3-2-6(4-7(12)13)8(9,10)5-11/h6H,2-5H2,1H3,(H,12,13). The van der Waals surface area contributed by atoms with E-state index in [4.69, 9.17) is 5.11 Å². The van der Waals surface area contributed by atoms with Crippen molar-refractivity contribution in [2.45, 2.75) is 18.8 Å². The van der Waals surface area contributed by atoms with E-state index in [-0.39, 0.29) is 13.0 Å². The molecule has 76 valence electrons. The van der Waals surface area contributed by atoms with Crippen molar-refractivity contribution in [3.63, 3.8) is 0 Å². The number of carboxylic acid groups (broad SMARTS) is 1. The Balaban J connectivity index is 2.59. The zero-order valence-electron chi connectivity index (χ0n) is 7.46. The summed E-state index contributed by atoms with van der Waals surface area (Å²) in [5.74, 6) is -5.00. The van der Waals surface area contributed by atoms with Crippen molar-refractivity contribution in [3.05, 3.63) is 0 Å². The fourth-order valence-corrected chi connectivity index (χ4v) is 1.62. The molecule has 5 heteroatoms. The third kappa shape index (κ3) is 2.62. The van der Waals surface area contributed by atoms with Crippen LogP contribution in [0, 0.1) is 5.92 Å². The summed E-state index contributed by atoms with van der Waals surface area (Å²) in [6.45, 7) is 0.221. The number of hydrogen-bond acceptors (Lipinski definition) is 2. The van der Waals surface area contributed by atoms with Gasteiger partial charge in [-0.3, -0.25) is 4.79 Å². The van der Waals surface area contributed by atoms with E-state index in [9.17, 15) is 13.6 Å². The number of carbonyl (C=O) groups is 1. The van der Waals surface area contributed by atoms with E-state index in [1.54, 1.807) is 7.05 Å². The van der Waals surface area contributed by atoms with Crippen molar-refractivity contribution in [1.82, 2.24) is 4.90 Å². The van der Waals surface area contributed by atoms with Gasteiger partial charge in [0.15, 0.2) is 0 Å². The first-order valence-corrected chi connectivity index (χ1v) is 4.20. The first-order valence-electron chi connectivity index (χ1n) is 4.20. The van der Waals surface area contributed by atoms with Crippen LogP contribution in [0.25, 0.3) is 0 Å². The first-order chi connectivity index (χ1) is 5.92. The minimum Gasteiger partial charge on any atom is -0.481 e. The molecule has 1 N–H and O–H groups in total. The first kappa shape index (κ1) is 10.4. The van der Waals surface area contributed by atoms with Gasteiger partial charge in [0.05, 0.1) is 13.0 Å². The van der Waals surface area contributed by atoms with Gasteiger partial charge in [0.25, 0.3) is 5.92 Å². The molecular weight excluding hydrogens is 180 g/mol. The topological polar surface area (TPSA) is 40.5 Å². The number of rotatable bonds is 2. The third-order valence-electron chi connectivity index (χ3n) is 2.36. The fraction of sp³-hybridized carbons (Fsp3) is 0.875. The van der Waals surface area contributed by atoms with Gasteiger partial charge in [-0.15, -0.1) is 0 Å². The molecule has 0 spiro atoms. The Kier molecular flexibility index (Phi) is 2.85. The van der Waals surface area contributed by atoms with Crippen LogP contribution in [-0.2, 0) is 4.79 Å². The Morgan fingerprint density at radius 3 is 2.77 bits per heavy atom. The number of carboxylic acids is 1. The number of likely N-dealkylation sites (tertiary alicyclic amines) is 1. The average Bonchev–Trinajstić information content (AvgIpc) is 1.93. The molecule has 0 amide bonds. The van der Waals surface area contributed by atoms with Crippen LogP contribution >= 0.6 is 0 Å². The smallest absolute Gasteiger partial charge is 0.303 e. The van der Waals surface area contributed by atoms with E-state index < -0.39 is 24.2 Å². The third-order valence-corrected chi connectivity index (χ3v) is 2.36. The van der Waals surface area contributed by atoms with E-state index >= 15 is 0 Å². The van der Waals surface area contributed by atoms with Crippen molar-refractivity contribution < 1.29 is 18.7 Å². The molecule has 1 aliphatic heterocycles. The van der Waals surface area contributed by atoms with Crippen LogP contribution in [0.1, 0.15) is 12.8 Å². The molecule has 1 atom stereocenters. The summed E-state index contributed by atoms with van der Waals surface area (Å²) in [6.07, 6.45) is -0.170. The Morgan fingerprint density at radius 1 is 1.69 bits per heavy atom. The summed E-state index contributed by atoms with van der Waals surface area (Å²) in [5.41, 5.74) is 0. The highest BCUT2D eigenvalue weighted by atomic mass is 19.3. The van der Waals surface area contributed by atoms with E-state index in [0.717, 1.165) is 0 Å². The number of halogens is 2. The maximum atomic E-state index is 13.2. The summed E-state index contributed by atoms with van der Waals surface area (Å²) in [5, 5.41) is 8.42. The van der Waals surface area contributed by atoms with E-state index in [0.29, 0.717) is 6.54 Å². The maximum Gasteiger partial charge on any atom is 0.303 e. The lowest BCUT2D eigenvalue weighted by Crippen LogP contribution is -2.47. The highest BCUT2D eigenvalue weighted by molar-refractivity contribution is 5.67. The molecule has 3 nitrogen and oxygen atoms in total. The minimum absolute atomic E-state index is 0.260. The number of alkyl halides is 2. The molecule has 1 saturated heterocycles. The van der Waals surface area contributed by atoms with E-state index in [1.807, 2.05) is 0 Å². The van der Waals surface area contributed by atoms with Gasteiger partial charge in [0.1, 0.15) is 0 Å². The number of aliphatic carboxylic acids is 1. The molecule has 0 radical (unpaired) electrons. The number of nitrogens with zero attached hydrogens (tertiary/aromatic N) is 1. The summed E-state index contributed by atoms with van der Waals surface area (Å²) in [7, 11) is 1.62. The lowest BCUT2D eigenvalue weighted by Gasteiger charge is -2.35. The van der Waals surface area contributed by atoms with Gasteiger partial charge in [0, 0.05) is 5.92 Å². The number of hydrogen-bond donors (Lipinski definition) is 1. The largest absolute Gasteiger partial charge is 0.481 e. The second kappa shape index (κ2) is 3.57. The van der Waals surface area contributed by atoms with Crippen molar-refractivity contribution in [2.24, 2.45) is 5.92 Å². The zero-order chi connectivity index (χ0) is 10.1. The van der Waals surface area contributed by atoms with Crippen molar-refractivity contribution in [2.75, 3.05) is 20.1 Å². The van der Waals surface area contributed by atoms with Gasteiger partial charge in [-0.1, -0.05) is 0 Å². The molecule has 0 saturated carbocycles. The molecule has 1 heterocycles. The summed E-state index contributed by atoms with van der Waals surface area (Å²) in [4.78, 5) is 11.8. The molecule has 1 unspecified atom stereocenters. The Labute approximate surface area is 75.3 Å². The Bertz CT molecular complexity index is 208. The van der Waals surface area contributed by atoms with Gasteiger partial charge in [-0.2, -0.15) is 0 Å². The Hall–Kier alpha value is -0.710. The maximum absolute atomic E-state index is 13.2. The minimum atomic E-state index is -2.86. The molecule has 1 fully saturated rings. The summed E-state index contributed by atoms with van der Waals surface area (Å²) in [6, 6.07) is 0. The molecular formula is C8H13F2NO2. The van der Waals surface area contributed by atoms with Gasteiger partial charge < -0.3 is 10.0 Å². The molecule has 0 aromatic heterocycles. The van der Waals surface area contributed by atoms with Crippen LogP contribution in [0.5, 0.6) is 0 Å². The predicted molar refractivity (Wildman–Crippen MR) is 42.8 cm³/mol. The fourth-order valence-electron chi connectivity index (χ4n) is 1.62. The van der Waals surface area contributed by atoms with Gasteiger partial charge in [0.2, 0.25) is 0 Å². The van der Waals surface area contributed by atoms with Crippen molar-refractivity contribution in [3.8, 4) is 0 Å². The van der Waals surface area contributed by atoms with Crippen LogP contribution in [0.3, 0.4) is 0 Å². The predicted octanol–water partition coefficient (Wildman–Crippen LogP) is 1.05. The SMILES string of the molecule is CN1CCC(CC(=O)O)C(F)(F)C1. The Morgan fingerprint density at radius 2 is 2.31 bits per heavy atom. The lowest BCUT2D eigenvalue weighted by molar-refractivity contribution is -0.148. The molecule has 0 bridgehead atoms. The van der Waals surface area contributed by atoms with E-state index in [1.165, 1.54) is 4.90 Å². The number of piperidine rings is 1. The van der Waals surface area contributed by atoms with Crippen LogP contribution in [0.4, 0.5) is 8.78 Å². The van der Waals surface area contributed by atoms with Gasteiger partial charge >= 0.3 is 5.97 Å². The van der Waals surface area contributed by atoms with E-state index in [2.05, 4.69) is 0 Å². The van der Waals surface area contributed by atoms with Crippen LogP contribution in [-0.4, -0.2) is 42.0 Å². The second-order valence-corrected chi connectivity index (χ2v) is 3.58. The molecule has 0 aliphatic carbocycles. The molecule has 1 rings (SSSR count). The molecule has 1 aliphatic rings. The lowest BCUT2D eigenvalue weighted by atomic mass is 9.90. The normalized spacial score (nSPS) is 28.7. The monoisotopic (exact) mass is 193 g/mol. The van der Waals surface area contributed by atoms with Crippen molar-refractivity contribution in [1.29, 1.82) is 0 Å². The second-order valence-electron chi connectivity index (χ2n) is 3.58. The highest BCUT2D eigenvalue weighted by Crippen LogP contribution is 2.34. The van der Waals surface area contributed by atoms with Crippen LogP contribution in [0.15, 0.2) is 0 Å². The van der Waals surface area contributed by atoms with Gasteiger partial charge in [-0.05, 0) is 20.0 Å². The zero-order valence-corrected chi connectivity index (χ0v) is 7.46. The quantitative estimate of drug-likeness (QED) is 0.712. The van der Waals surface area contributed by atoms with Crippen LogP contribution in [0.2, 0.25) is 0 Å². The summed E-state index contributed by atoms with van der Waals surface area (Å²) >= 11 is 0. The average molecular weight is 193 g/mol. The van der Waals surface area contributed by atoms with Crippen LogP contribution < -0.4 is 0 Å². The summed E-state index contributed by atoms with van der Waals surface area (Å²) < 4.78 is 26.3. The van der Waals surface area contributed by atoms with Crippen molar-refractivity contribution >= 4 is 5.97 Å². The molecule has 0 aromatic carbocycles. The highest BCUT2D eigenvalue weighted by Gasteiger charge is 2.44.